The van der Waals surface area contributed by atoms with Crippen molar-refractivity contribution in [2.75, 3.05) is 17.2 Å². The maximum atomic E-state index is 4.37. The molecule has 0 radical (unpaired) electrons. The summed E-state index contributed by atoms with van der Waals surface area (Å²) in [5.74, 6) is 2.86. The van der Waals surface area contributed by atoms with Crippen LogP contribution in [-0.2, 0) is 0 Å². The molecule has 1 heterocycles. The number of rotatable bonds is 7. The molecule has 0 amide bonds. The summed E-state index contributed by atoms with van der Waals surface area (Å²) in [6.45, 7) is 7.28. The Balaban J connectivity index is 2.04. The fourth-order valence-electron chi connectivity index (χ4n) is 2.22. The van der Waals surface area contributed by atoms with Crippen LogP contribution >= 0.6 is 0 Å². The molecule has 2 N–H and O–H groups in total. The maximum absolute atomic E-state index is 4.37. The minimum absolute atomic E-state index is 0.542. The Morgan fingerprint density at radius 2 is 2.00 bits per heavy atom. The van der Waals surface area contributed by atoms with Gasteiger partial charge >= 0.3 is 0 Å². The molecule has 0 aromatic carbocycles. The number of hydrogen-bond acceptors (Lipinski definition) is 4. The lowest BCUT2D eigenvalue weighted by molar-refractivity contribution is 0.584. The highest BCUT2D eigenvalue weighted by atomic mass is 15.1. The minimum atomic E-state index is 0.542. The number of anilines is 2. The third kappa shape index (κ3) is 3.34. The average Bonchev–Trinajstić information content (AvgIpc) is 3.17. The van der Waals surface area contributed by atoms with Crippen LogP contribution in [0, 0.1) is 12.8 Å². The third-order valence-electron chi connectivity index (χ3n) is 3.58. The second-order valence-electron chi connectivity index (χ2n) is 5.15. The molecular formula is C14H24N4. The van der Waals surface area contributed by atoms with Gasteiger partial charge in [0, 0.05) is 18.2 Å². The van der Waals surface area contributed by atoms with Crippen molar-refractivity contribution in [1.82, 2.24) is 9.97 Å². The van der Waals surface area contributed by atoms with Crippen molar-refractivity contribution >= 4 is 11.6 Å². The first-order chi connectivity index (χ1) is 8.74. The highest BCUT2D eigenvalue weighted by Crippen LogP contribution is 2.35. The minimum Gasteiger partial charge on any atom is -0.370 e. The molecule has 1 aliphatic rings. The van der Waals surface area contributed by atoms with Crippen molar-refractivity contribution in [3.63, 3.8) is 0 Å². The SMILES string of the molecule is CCNc1ncnc(NC(CC)CC2CC2)c1C. The summed E-state index contributed by atoms with van der Waals surface area (Å²) in [4.78, 5) is 8.65. The lowest BCUT2D eigenvalue weighted by Gasteiger charge is -2.19. The van der Waals surface area contributed by atoms with Gasteiger partial charge < -0.3 is 10.6 Å². The summed E-state index contributed by atoms with van der Waals surface area (Å²) in [5.41, 5.74) is 1.12. The zero-order valence-corrected chi connectivity index (χ0v) is 11.7. The zero-order valence-electron chi connectivity index (χ0n) is 11.7. The van der Waals surface area contributed by atoms with E-state index in [2.05, 4.69) is 41.4 Å². The van der Waals surface area contributed by atoms with Crippen LogP contribution in [0.1, 0.15) is 45.1 Å². The molecule has 4 nitrogen and oxygen atoms in total. The molecule has 1 unspecified atom stereocenters. The average molecular weight is 248 g/mol. The first kappa shape index (κ1) is 13.1. The summed E-state index contributed by atoms with van der Waals surface area (Å²) in [6, 6.07) is 0.542. The van der Waals surface area contributed by atoms with Crippen LogP contribution in [-0.4, -0.2) is 22.6 Å². The molecule has 4 heteroatoms. The van der Waals surface area contributed by atoms with E-state index in [1.165, 1.54) is 19.3 Å². The predicted molar refractivity (Wildman–Crippen MR) is 76.0 cm³/mol. The molecule has 1 aromatic rings. The number of nitrogens with zero attached hydrogens (tertiary/aromatic N) is 2. The molecule has 0 spiro atoms. The Morgan fingerprint density at radius 3 is 2.61 bits per heavy atom. The zero-order chi connectivity index (χ0) is 13.0. The van der Waals surface area contributed by atoms with Crippen molar-refractivity contribution in [3.05, 3.63) is 11.9 Å². The molecule has 1 aliphatic carbocycles. The molecule has 100 valence electrons. The van der Waals surface area contributed by atoms with Gasteiger partial charge in [0.15, 0.2) is 0 Å². The molecule has 18 heavy (non-hydrogen) atoms. The van der Waals surface area contributed by atoms with E-state index in [4.69, 9.17) is 0 Å². The van der Waals surface area contributed by atoms with Crippen LogP contribution in [0.5, 0.6) is 0 Å². The van der Waals surface area contributed by atoms with Gasteiger partial charge in [-0.05, 0) is 32.6 Å². The maximum Gasteiger partial charge on any atom is 0.134 e. The highest BCUT2D eigenvalue weighted by molar-refractivity contribution is 5.56. The van der Waals surface area contributed by atoms with E-state index in [9.17, 15) is 0 Å². The van der Waals surface area contributed by atoms with Crippen molar-refractivity contribution in [2.24, 2.45) is 5.92 Å². The number of hydrogen-bond donors (Lipinski definition) is 2. The molecule has 1 saturated carbocycles. The van der Waals surface area contributed by atoms with Crippen molar-refractivity contribution in [1.29, 1.82) is 0 Å². The van der Waals surface area contributed by atoms with E-state index in [1.54, 1.807) is 6.33 Å². The van der Waals surface area contributed by atoms with Crippen molar-refractivity contribution in [3.8, 4) is 0 Å². The standard InChI is InChI=1S/C14H24N4/c1-4-12(8-11-6-7-11)18-14-10(3)13(15-5-2)16-9-17-14/h9,11-12H,4-8H2,1-3H3,(H2,15,16,17,18). The summed E-state index contributed by atoms with van der Waals surface area (Å²) < 4.78 is 0. The van der Waals surface area contributed by atoms with Gasteiger partial charge in [0.05, 0.1) is 0 Å². The number of nitrogens with one attached hydrogen (secondary N) is 2. The van der Waals surface area contributed by atoms with Crippen LogP contribution in [0.3, 0.4) is 0 Å². The largest absolute Gasteiger partial charge is 0.370 e. The molecule has 0 saturated heterocycles. The fourth-order valence-corrected chi connectivity index (χ4v) is 2.22. The van der Waals surface area contributed by atoms with Crippen LogP contribution in [0.15, 0.2) is 6.33 Å². The Morgan fingerprint density at radius 1 is 1.28 bits per heavy atom. The van der Waals surface area contributed by atoms with E-state index >= 15 is 0 Å². The number of aromatic nitrogens is 2. The summed E-state index contributed by atoms with van der Waals surface area (Å²) in [5, 5.41) is 6.85. The summed E-state index contributed by atoms with van der Waals surface area (Å²) in [7, 11) is 0. The first-order valence-corrected chi connectivity index (χ1v) is 7.06. The predicted octanol–water partition coefficient (Wildman–Crippen LogP) is 3.21. The third-order valence-corrected chi connectivity index (χ3v) is 3.58. The Hall–Kier alpha value is -1.32. The van der Waals surface area contributed by atoms with Gasteiger partial charge in [0.25, 0.3) is 0 Å². The van der Waals surface area contributed by atoms with Crippen LogP contribution in [0.2, 0.25) is 0 Å². The fraction of sp³-hybridized carbons (Fsp3) is 0.714. The molecule has 1 aromatic heterocycles. The highest BCUT2D eigenvalue weighted by Gasteiger charge is 2.25. The van der Waals surface area contributed by atoms with Crippen molar-refractivity contribution in [2.45, 2.75) is 52.5 Å². The van der Waals surface area contributed by atoms with Gasteiger partial charge in [0.1, 0.15) is 18.0 Å². The molecule has 2 rings (SSSR count). The van der Waals surface area contributed by atoms with E-state index in [0.29, 0.717) is 6.04 Å². The first-order valence-electron chi connectivity index (χ1n) is 7.06. The second kappa shape index (κ2) is 6.03. The van der Waals surface area contributed by atoms with Crippen LogP contribution in [0.25, 0.3) is 0 Å². The quantitative estimate of drug-likeness (QED) is 0.778. The monoisotopic (exact) mass is 248 g/mol. The Bertz CT molecular complexity index is 387. The van der Waals surface area contributed by atoms with Gasteiger partial charge in [-0.2, -0.15) is 0 Å². The summed E-state index contributed by atoms with van der Waals surface area (Å²) in [6.07, 6.45) is 6.87. The van der Waals surface area contributed by atoms with Crippen LogP contribution < -0.4 is 10.6 Å². The lowest BCUT2D eigenvalue weighted by atomic mass is 10.1. The Kier molecular flexibility index (Phi) is 4.39. The molecular weight excluding hydrogens is 224 g/mol. The lowest BCUT2D eigenvalue weighted by Crippen LogP contribution is -2.21. The normalized spacial score (nSPS) is 16.4. The Labute approximate surface area is 110 Å². The molecule has 1 fully saturated rings. The van der Waals surface area contributed by atoms with E-state index < -0.39 is 0 Å². The van der Waals surface area contributed by atoms with Gasteiger partial charge in [-0.15, -0.1) is 0 Å². The van der Waals surface area contributed by atoms with Crippen LogP contribution in [0.4, 0.5) is 11.6 Å². The van der Waals surface area contributed by atoms with Gasteiger partial charge in [-0.1, -0.05) is 19.8 Å². The smallest absolute Gasteiger partial charge is 0.134 e. The van der Waals surface area contributed by atoms with E-state index in [-0.39, 0.29) is 0 Å². The van der Waals surface area contributed by atoms with E-state index in [0.717, 1.165) is 36.1 Å². The second-order valence-corrected chi connectivity index (χ2v) is 5.15. The summed E-state index contributed by atoms with van der Waals surface area (Å²) >= 11 is 0. The molecule has 1 atom stereocenters. The topological polar surface area (TPSA) is 49.8 Å². The molecule has 0 aliphatic heterocycles. The van der Waals surface area contributed by atoms with E-state index in [1.807, 2.05) is 0 Å². The van der Waals surface area contributed by atoms with Gasteiger partial charge in [0.2, 0.25) is 0 Å². The van der Waals surface area contributed by atoms with Crippen molar-refractivity contribution < 1.29 is 0 Å². The van der Waals surface area contributed by atoms with Gasteiger partial charge in [-0.25, -0.2) is 9.97 Å². The van der Waals surface area contributed by atoms with Gasteiger partial charge in [-0.3, -0.25) is 0 Å². The molecule has 0 bridgehead atoms.